The summed E-state index contributed by atoms with van der Waals surface area (Å²) in [5.41, 5.74) is 5.55. The molecular formula is C6H5N5OS2. The molecule has 0 atom stereocenters. The minimum absolute atomic E-state index is 0.000139. The molecule has 2 aromatic rings. The number of thiazole rings is 1. The Hall–Kier alpha value is -1.54. The number of primary amides is 1. The molecule has 0 aliphatic carbocycles. The number of carbonyl (C=O) groups is 1. The number of hydrogen-bond acceptors (Lipinski definition) is 5. The highest BCUT2D eigenvalue weighted by atomic mass is 32.1. The van der Waals surface area contributed by atoms with E-state index in [0.29, 0.717) is 14.3 Å². The molecule has 0 spiro atoms. The zero-order chi connectivity index (χ0) is 10.3. The first kappa shape index (κ1) is 9.03. The Morgan fingerprint density at radius 3 is 3.14 bits per heavy atom. The van der Waals surface area contributed by atoms with Gasteiger partial charge in [0.2, 0.25) is 0 Å². The number of aromatic amines is 1. The summed E-state index contributed by atoms with van der Waals surface area (Å²) in [6.45, 7) is 0. The first-order valence-electron chi connectivity index (χ1n) is 3.54. The largest absolute Gasteiger partial charge is 0.351 e. The van der Waals surface area contributed by atoms with Crippen LogP contribution in [0.5, 0.6) is 0 Å². The molecule has 0 aliphatic heterocycles. The zero-order valence-electron chi connectivity index (χ0n) is 6.77. The van der Waals surface area contributed by atoms with Gasteiger partial charge in [-0.2, -0.15) is 0 Å². The molecule has 0 radical (unpaired) electrons. The molecule has 0 saturated carbocycles. The number of fused-ring (bicyclic) bond motifs is 1. The van der Waals surface area contributed by atoms with Crippen molar-refractivity contribution in [1.82, 2.24) is 14.5 Å². The number of carbonyl (C=O) groups excluding carboxylic acids is 1. The van der Waals surface area contributed by atoms with Crippen LogP contribution in [0.15, 0.2) is 6.33 Å². The van der Waals surface area contributed by atoms with Gasteiger partial charge in [0.25, 0.3) is 0 Å². The normalized spacial score (nSPS) is 10.6. The van der Waals surface area contributed by atoms with Crippen LogP contribution in [-0.2, 0) is 0 Å². The molecule has 8 heteroatoms. The second-order valence-corrected chi connectivity index (χ2v) is 4.18. The van der Waals surface area contributed by atoms with Crippen molar-refractivity contribution >= 4 is 39.9 Å². The van der Waals surface area contributed by atoms with E-state index in [1.54, 1.807) is 0 Å². The number of nitrogens with zero attached hydrogens (tertiary/aromatic N) is 2. The Bertz CT molecular complexity index is 621. The summed E-state index contributed by atoms with van der Waals surface area (Å²) in [5.74, 6) is 0. The number of H-pyrrole nitrogens is 1. The maximum absolute atomic E-state index is 10.9. The minimum Gasteiger partial charge on any atom is -0.351 e. The Balaban J connectivity index is 2.95. The fraction of sp³-hybridized carbons (Fsp3) is 0. The Kier molecular flexibility index (Phi) is 1.93. The van der Waals surface area contributed by atoms with Crippen LogP contribution < -0.4 is 11.2 Å². The molecular weight excluding hydrogens is 222 g/mol. The van der Waals surface area contributed by atoms with Gasteiger partial charge in [-0.1, -0.05) is 11.3 Å². The smallest absolute Gasteiger partial charge is 0.325 e. The summed E-state index contributed by atoms with van der Waals surface area (Å²) in [6, 6.07) is -0.733. The van der Waals surface area contributed by atoms with Crippen molar-refractivity contribution in [2.75, 3.05) is 0 Å². The van der Waals surface area contributed by atoms with Gasteiger partial charge < -0.3 is 10.7 Å². The van der Waals surface area contributed by atoms with Crippen LogP contribution in [-0.4, -0.2) is 20.6 Å². The number of nitrogens with two attached hydrogens (primary N) is 1. The molecule has 0 bridgehead atoms. The molecule has 14 heavy (non-hydrogen) atoms. The lowest BCUT2D eigenvalue weighted by Gasteiger charge is -1.98. The van der Waals surface area contributed by atoms with Crippen LogP contribution in [0.1, 0.15) is 0 Å². The van der Waals surface area contributed by atoms with Crippen molar-refractivity contribution in [3.05, 3.63) is 15.8 Å². The number of rotatable bonds is 0. The second-order valence-electron chi connectivity index (χ2n) is 2.49. The van der Waals surface area contributed by atoms with E-state index >= 15 is 0 Å². The van der Waals surface area contributed by atoms with E-state index in [-0.39, 0.29) is 5.49 Å². The Labute approximate surface area is 86.5 Å². The van der Waals surface area contributed by atoms with Crippen molar-refractivity contribution in [3.63, 3.8) is 0 Å². The van der Waals surface area contributed by atoms with Crippen LogP contribution in [0.3, 0.4) is 0 Å². The van der Waals surface area contributed by atoms with E-state index in [9.17, 15) is 4.79 Å². The monoisotopic (exact) mass is 227 g/mol. The summed E-state index contributed by atoms with van der Waals surface area (Å²) in [7, 11) is 0. The Morgan fingerprint density at radius 2 is 2.50 bits per heavy atom. The lowest BCUT2D eigenvalue weighted by molar-refractivity contribution is 0.249. The first-order chi connectivity index (χ1) is 6.59. The highest BCUT2D eigenvalue weighted by molar-refractivity contribution is 7.73. The van der Waals surface area contributed by atoms with Crippen molar-refractivity contribution in [2.45, 2.75) is 0 Å². The molecule has 0 aliphatic rings. The highest BCUT2D eigenvalue weighted by Gasteiger charge is 2.06. The second kappa shape index (κ2) is 3.00. The molecule has 4 N–H and O–H groups in total. The highest BCUT2D eigenvalue weighted by Crippen LogP contribution is 2.11. The van der Waals surface area contributed by atoms with Gasteiger partial charge in [0.1, 0.15) is 11.0 Å². The summed E-state index contributed by atoms with van der Waals surface area (Å²) < 4.78 is 2.00. The molecule has 72 valence electrons. The van der Waals surface area contributed by atoms with Crippen LogP contribution in [0.4, 0.5) is 4.79 Å². The van der Waals surface area contributed by atoms with Crippen molar-refractivity contribution in [2.24, 2.45) is 5.73 Å². The predicted molar refractivity (Wildman–Crippen MR) is 53.6 cm³/mol. The summed E-state index contributed by atoms with van der Waals surface area (Å²) in [4.78, 5) is 17.6. The Morgan fingerprint density at radius 1 is 1.79 bits per heavy atom. The average molecular weight is 227 g/mol. The van der Waals surface area contributed by atoms with E-state index < -0.39 is 6.03 Å². The van der Waals surface area contributed by atoms with E-state index in [4.69, 9.17) is 23.4 Å². The summed E-state index contributed by atoms with van der Waals surface area (Å²) in [5, 5.41) is 7.65. The third-order valence-electron chi connectivity index (χ3n) is 1.63. The number of hydrogen-bond donors (Lipinski definition) is 3. The predicted octanol–water partition coefficient (Wildman–Crippen LogP) is 0.562. The quantitative estimate of drug-likeness (QED) is 0.573. The van der Waals surface area contributed by atoms with Gasteiger partial charge in [-0.3, -0.25) is 5.41 Å². The van der Waals surface area contributed by atoms with E-state index in [0.717, 1.165) is 4.57 Å². The van der Waals surface area contributed by atoms with Gasteiger partial charge in [-0.25, -0.2) is 14.3 Å². The molecule has 2 rings (SSSR count). The molecule has 2 aromatic heterocycles. The van der Waals surface area contributed by atoms with Crippen molar-refractivity contribution < 1.29 is 4.79 Å². The average Bonchev–Trinajstić information content (AvgIpc) is 2.46. The van der Waals surface area contributed by atoms with Gasteiger partial charge in [-0.15, -0.1) is 0 Å². The lowest BCUT2D eigenvalue weighted by Crippen LogP contribution is -2.31. The van der Waals surface area contributed by atoms with Gasteiger partial charge in [0.05, 0.1) is 0 Å². The molecule has 2 heterocycles. The van der Waals surface area contributed by atoms with Crippen molar-refractivity contribution in [1.29, 1.82) is 5.41 Å². The van der Waals surface area contributed by atoms with E-state index in [1.165, 1.54) is 17.7 Å². The fourth-order valence-electron chi connectivity index (χ4n) is 1.02. The van der Waals surface area contributed by atoms with Crippen molar-refractivity contribution in [3.8, 4) is 0 Å². The molecule has 1 amide bonds. The topological polar surface area (TPSA) is 101 Å². The summed E-state index contributed by atoms with van der Waals surface area (Å²) >= 11 is 6.09. The number of amides is 1. The lowest BCUT2D eigenvalue weighted by atomic mass is 10.6. The third kappa shape index (κ3) is 1.24. The maximum atomic E-state index is 10.9. The van der Waals surface area contributed by atoms with E-state index in [2.05, 4.69) is 9.97 Å². The van der Waals surface area contributed by atoms with E-state index in [1.807, 2.05) is 0 Å². The third-order valence-corrected chi connectivity index (χ3v) is 2.86. The number of nitrogens with one attached hydrogen (secondary N) is 2. The minimum atomic E-state index is -0.733. The van der Waals surface area contributed by atoms with Gasteiger partial charge in [0.15, 0.2) is 15.1 Å². The zero-order valence-corrected chi connectivity index (χ0v) is 8.41. The molecule has 0 saturated heterocycles. The SMILES string of the molecule is N=c1c2sc(=S)[nH]c2ncn1C(N)=O. The van der Waals surface area contributed by atoms with Crippen LogP contribution in [0.25, 0.3) is 10.3 Å². The first-order valence-corrected chi connectivity index (χ1v) is 4.77. The maximum Gasteiger partial charge on any atom is 0.325 e. The van der Waals surface area contributed by atoms with Crippen LogP contribution >= 0.6 is 23.6 Å². The summed E-state index contributed by atoms with van der Waals surface area (Å²) in [6.07, 6.45) is 1.20. The van der Waals surface area contributed by atoms with Gasteiger partial charge in [-0.05, 0) is 12.2 Å². The molecule has 0 aromatic carbocycles. The molecule has 0 unspecified atom stereocenters. The fourth-order valence-corrected chi connectivity index (χ4v) is 2.10. The van der Waals surface area contributed by atoms with Gasteiger partial charge in [0, 0.05) is 0 Å². The van der Waals surface area contributed by atoms with Crippen LogP contribution in [0, 0.1) is 9.36 Å². The van der Waals surface area contributed by atoms with Gasteiger partial charge >= 0.3 is 6.03 Å². The van der Waals surface area contributed by atoms with Crippen LogP contribution in [0.2, 0.25) is 0 Å². The standard InChI is InChI=1S/C6H5N5OS2/c7-3-2-4(10-6(13)14-2)9-1-11(3)5(8)12/h1,7H,(H2,8,12)(H,10,13). The molecule has 6 nitrogen and oxygen atoms in total. The number of aromatic nitrogens is 3. The molecule has 0 fully saturated rings.